The number of benzene rings is 2. The number of rotatable bonds is 3. The molecule has 0 radical (unpaired) electrons. The minimum absolute atomic E-state index is 0.431. The Hall–Kier alpha value is -3.09. The van der Waals surface area contributed by atoms with Crippen molar-refractivity contribution in [1.82, 2.24) is 0 Å². The number of anilines is 2. The second-order valence-corrected chi connectivity index (χ2v) is 8.16. The molecule has 0 N–H and O–H groups in total. The summed E-state index contributed by atoms with van der Waals surface area (Å²) in [5.41, 5.74) is 3.65. The summed E-state index contributed by atoms with van der Waals surface area (Å²) in [5, 5.41) is 0. The fourth-order valence-corrected chi connectivity index (χ4v) is 4.23. The van der Waals surface area contributed by atoms with E-state index >= 15 is 0 Å². The number of halogens is 3. The number of aryl methyl sites for hydroxylation is 3. The minimum atomic E-state index is -4.39. The van der Waals surface area contributed by atoms with Crippen molar-refractivity contribution in [2.75, 3.05) is 36.0 Å². The van der Waals surface area contributed by atoms with Gasteiger partial charge in [-0.15, -0.1) is 0 Å². The molecular weight excluding hydrogens is 405 g/mol. The molecule has 4 nitrogen and oxygen atoms in total. The van der Waals surface area contributed by atoms with Crippen LogP contribution < -0.4 is 20.7 Å². The van der Waals surface area contributed by atoms with Crippen molar-refractivity contribution < 1.29 is 13.2 Å². The minimum Gasteiger partial charge on any atom is -0.368 e. The average Bonchev–Trinajstić information content (AvgIpc) is 2.74. The van der Waals surface area contributed by atoms with E-state index in [0.29, 0.717) is 43.1 Å². The van der Waals surface area contributed by atoms with Crippen LogP contribution in [0.2, 0.25) is 0 Å². The number of hydrogen-bond donors (Lipinski definition) is 0. The molecule has 1 aliphatic heterocycles. The van der Waals surface area contributed by atoms with Gasteiger partial charge in [0.1, 0.15) is 5.69 Å². The molecule has 0 spiro atoms. The van der Waals surface area contributed by atoms with Gasteiger partial charge in [0.25, 0.3) is 0 Å². The molecule has 162 valence electrons. The van der Waals surface area contributed by atoms with Crippen LogP contribution in [0.4, 0.5) is 24.5 Å². The highest BCUT2D eigenvalue weighted by atomic mass is 19.4. The van der Waals surface area contributed by atoms with E-state index in [2.05, 4.69) is 0 Å². The van der Waals surface area contributed by atoms with Crippen molar-refractivity contribution in [3.63, 3.8) is 0 Å². The molecule has 1 heterocycles. The van der Waals surface area contributed by atoms with Crippen LogP contribution in [0.1, 0.15) is 22.3 Å². The lowest BCUT2D eigenvalue weighted by Gasteiger charge is -2.38. The molecule has 1 aliphatic rings. The van der Waals surface area contributed by atoms with Gasteiger partial charge in [-0.25, -0.2) is 0 Å². The van der Waals surface area contributed by atoms with Crippen LogP contribution >= 0.6 is 0 Å². The van der Waals surface area contributed by atoms with E-state index in [1.165, 1.54) is 6.07 Å². The van der Waals surface area contributed by atoms with Crippen LogP contribution in [0.3, 0.4) is 0 Å². The van der Waals surface area contributed by atoms with Crippen LogP contribution in [0.5, 0.6) is 0 Å². The van der Waals surface area contributed by atoms with E-state index in [-0.39, 0.29) is 0 Å². The topological polar surface area (TPSA) is 40.6 Å². The van der Waals surface area contributed by atoms with Gasteiger partial charge < -0.3 is 9.80 Å². The summed E-state index contributed by atoms with van der Waals surface area (Å²) >= 11 is 0. The standard InChI is InChI=1S/C24H23F3N2O2/c1-14-11-16(3)19(12-15(14)2)20-21(23(31)22(20)30)29-9-7-28(8-10-29)18-6-4-5-17(13-18)24(25,26)27/h4-6,11-13H,7-10H2,1-3H3. The summed E-state index contributed by atoms with van der Waals surface area (Å²) in [5.74, 6) is 0. The fraction of sp³-hybridized carbons (Fsp3) is 0.333. The quantitative estimate of drug-likeness (QED) is 0.586. The second-order valence-electron chi connectivity index (χ2n) is 8.16. The Morgan fingerprint density at radius 1 is 0.774 bits per heavy atom. The summed E-state index contributed by atoms with van der Waals surface area (Å²) in [6, 6.07) is 9.23. The Labute approximate surface area is 178 Å². The third-order valence-corrected chi connectivity index (χ3v) is 6.13. The lowest BCUT2D eigenvalue weighted by Crippen LogP contribution is -2.51. The monoisotopic (exact) mass is 428 g/mol. The van der Waals surface area contributed by atoms with E-state index in [4.69, 9.17) is 0 Å². The maximum Gasteiger partial charge on any atom is 0.416 e. The molecule has 0 aromatic heterocycles. The van der Waals surface area contributed by atoms with Crippen LogP contribution in [-0.4, -0.2) is 26.2 Å². The molecule has 0 bridgehead atoms. The van der Waals surface area contributed by atoms with Crippen LogP contribution in [0.25, 0.3) is 11.1 Å². The zero-order chi connectivity index (χ0) is 22.5. The molecule has 4 rings (SSSR count). The SMILES string of the molecule is Cc1cc(C)c(-c2c(N3CCN(c4cccc(C(F)(F)F)c4)CC3)c(=O)c2=O)cc1C. The van der Waals surface area contributed by atoms with E-state index in [1.807, 2.05) is 42.7 Å². The molecule has 31 heavy (non-hydrogen) atoms. The first kappa shape index (κ1) is 21.2. The Balaban J connectivity index is 1.58. The van der Waals surface area contributed by atoms with Crippen molar-refractivity contribution in [1.29, 1.82) is 0 Å². The van der Waals surface area contributed by atoms with Crippen molar-refractivity contribution in [2.45, 2.75) is 26.9 Å². The van der Waals surface area contributed by atoms with E-state index < -0.39 is 22.6 Å². The third-order valence-electron chi connectivity index (χ3n) is 6.13. The van der Waals surface area contributed by atoms with Crippen LogP contribution in [-0.2, 0) is 6.18 Å². The van der Waals surface area contributed by atoms with Gasteiger partial charge in [0.05, 0.1) is 11.1 Å². The van der Waals surface area contributed by atoms with Crippen LogP contribution in [0, 0.1) is 20.8 Å². The van der Waals surface area contributed by atoms with Gasteiger partial charge in [-0.1, -0.05) is 18.2 Å². The Morgan fingerprint density at radius 3 is 2.03 bits per heavy atom. The van der Waals surface area contributed by atoms with E-state index in [1.54, 1.807) is 6.07 Å². The van der Waals surface area contributed by atoms with Crippen molar-refractivity contribution >= 4 is 11.4 Å². The summed E-state index contributed by atoms with van der Waals surface area (Å²) in [6.45, 7) is 7.74. The predicted octanol–water partition coefficient (Wildman–Crippen LogP) is 4.22. The maximum atomic E-state index is 13.0. The first-order chi connectivity index (χ1) is 14.6. The normalized spacial score (nSPS) is 15.0. The fourth-order valence-electron chi connectivity index (χ4n) is 4.23. The van der Waals surface area contributed by atoms with Gasteiger partial charge in [0, 0.05) is 31.9 Å². The zero-order valence-corrected chi connectivity index (χ0v) is 17.6. The molecule has 1 fully saturated rings. The summed E-state index contributed by atoms with van der Waals surface area (Å²) in [4.78, 5) is 28.6. The summed E-state index contributed by atoms with van der Waals surface area (Å²) in [6.07, 6.45) is -4.39. The molecular formula is C24H23F3N2O2. The molecule has 7 heteroatoms. The Kier molecular flexibility index (Phi) is 5.15. The Morgan fingerprint density at radius 2 is 1.39 bits per heavy atom. The summed E-state index contributed by atoms with van der Waals surface area (Å²) in [7, 11) is 0. The number of alkyl halides is 3. The van der Waals surface area contributed by atoms with Gasteiger partial charge in [-0.05, 0) is 61.2 Å². The van der Waals surface area contributed by atoms with Crippen molar-refractivity contribution in [2.24, 2.45) is 0 Å². The highest BCUT2D eigenvalue weighted by Crippen LogP contribution is 2.34. The predicted molar refractivity (Wildman–Crippen MR) is 117 cm³/mol. The summed E-state index contributed by atoms with van der Waals surface area (Å²) < 4.78 is 39.1. The van der Waals surface area contributed by atoms with Gasteiger partial charge in [-0.3, -0.25) is 9.59 Å². The maximum absolute atomic E-state index is 13.0. The molecule has 0 saturated carbocycles. The first-order valence-corrected chi connectivity index (χ1v) is 10.2. The Bertz CT molecular complexity index is 1210. The van der Waals surface area contributed by atoms with E-state index in [0.717, 1.165) is 34.4 Å². The highest BCUT2D eigenvalue weighted by molar-refractivity contribution is 5.85. The third kappa shape index (κ3) is 3.73. The van der Waals surface area contributed by atoms with Crippen molar-refractivity contribution in [3.05, 3.63) is 79.1 Å². The van der Waals surface area contributed by atoms with E-state index in [9.17, 15) is 22.8 Å². The molecule has 3 aromatic carbocycles. The van der Waals surface area contributed by atoms with Crippen molar-refractivity contribution in [3.8, 4) is 11.1 Å². The average molecular weight is 428 g/mol. The first-order valence-electron chi connectivity index (χ1n) is 10.2. The smallest absolute Gasteiger partial charge is 0.368 e. The van der Waals surface area contributed by atoms with Crippen LogP contribution in [0.15, 0.2) is 46.0 Å². The molecule has 1 saturated heterocycles. The highest BCUT2D eigenvalue weighted by Gasteiger charge is 2.32. The molecule has 3 aromatic rings. The number of piperazine rings is 1. The number of nitrogens with zero attached hydrogens (tertiary/aromatic N) is 2. The van der Waals surface area contributed by atoms with Gasteiger partial charge >= 0.3 is 6.18 Å². The molecule has 0 atom stereocenters. The number of hydrogen-bond acceptors (Lipinski definition) is 4. The van der Waals surface area contributed by atoms with Gasteiger partial charge in [0.15, 0.2) is 0 Å². The molecule has 0 unspecified atom stereocenters. The lowest BCUT2D eigenvalue weighted by molar-refractivity contribution is -0.137. The zero-order valence-electron chi connectivity index (χ0n) is 17.6. The molecule has 0 amide bonds. The van der Waals surface area contributed by atoms with Gasteiger partial charge in [-0.2, -0.15) is 13.2 Å². The largest absolute Gasteiger partial charge is 0.416 e. The molecule has 0 aliphatic carbocycles. The van der Waals surface area contributed by atoms with Gasteiger partial charge in [0.2, 0.25) is 10.9 Å². The lowest BCUT2D eigenvalue weighted by atomic mass is 9.91. The second kappa shape index (κ2) is 7.55.